The number of nitrogens with zero attached hydrogens (tertiary/aromatic N) is 1. The number of nitrogens with one attached hydrogen (secondary N) is 1. The average Bonchev–Trinajstić information content (AvgIpc) is 2.38. The molecule has 0 spiro atoms. The van der Waals surface area contributed by atoms with Crippen LogP contribution in [0.3, 0.4) is 0 Å². The zero-order valence-corrected chi connectivity index (χ0v) is 13.5. The number of piperidine rings is 1. The molecule has 1 heterocycles. The molecular weight excluding hydrogens is 252 g/mol. The number of carbonyl (C=O) groups is 1. The van der Waals surface area contributed by atoms with E-state index in [0.717, 1.165) is 38.6 Å². The summed E-state index contributed by atoms with van der Waals surface area (Å²) >= 11 is 0. The molecule has 1 N–H and O–H groups in total. The first-order valence-corrected chi connectivity index (χ1v) is 8.21. The Hall–Kier alpha value is -0.610. The van der Waals surface area contributed by atoms with E-state index < -0.39 is 0 Å². The van der Waals surface area contributed by atoms with E-state index in [1.807, 2.05) is 20.8 Å². The van der Waals surface area contributed by atoms with Crippen LogP contribution in [0.2, 0.25) is 0 Å². The first-order chi connectivity index (χ1) is 9.61. The molecule has 1 aliphatic heterocycles. The van der Waals surface area contributed by atoms with Gasteiger partial charge in [0.1, 0.15) is 0 Å². The summed E-state index contributed by atoms with van der Waals surface area (Å²) in [5.41, 5.74) is 0. The van der Waals surface area contributed by atoms with Crippen LogP contribution in [0.1, 0.15) is 52.9 Å². The normalized spacial score (nSPS) is 20.3. The summed E-state index contributed by atoms with van der Waals surface area (Å²) in [4.78, 5) is 14.1. The quantitative estimate of drug-likeness (QED) is 0.661. The minimum Gasteiger partial charge on any atom is -0.382 e. The van der Waals surface area contributed by atoms with Gasteiger partial charge in [-0.05, 0) is 58.9 Å². The van der Waals surface area contributed by atoms with Crippen molar-refractivity contribution in [1.82, 2.24) is 10.2 Å². The summed E-state index contributed by atoms with van der Waals surface area (Å²) in [5.74, 6) is 0.925. The topological polar surface area (TPSA) is 41.6 Å². The van der Waals surface area contributed by atoms with Crippen LogP contribution in [0, 0.1) is 5.92 Å². The SMILES string of the molecule is CCOCCCC[C@H]1CCCN(CC(=O)NC(C)C)C1. The van der Waals surface area contributed by atoms with Crippen LogP contribution < -0.4 is 5.32 Å². The summed E-state index contributed by atoms with van der Waals surface area (Å²) < 4.78 is 5.37. The third-order valence-electron chi connectivity index (χ3n) is 3.78. The molecule has 1 rings (SSSR count). The minimum absolute atomic E-state index is 0.164. The van der Waals surface area contributed by atoms with Crippen molar-refractivity contribution < 1.29 is 9.53 Å². The molecule has 0 radical (unpaired) electrons. The van der Waals surface area contributed by atoms with Crippen LogP contribution in [-0.4, -0.2) is 49.7 Å². The molecule has 1 aliphatic rings. The van der Waals surface area contributed by atoms with Gasteiger partial charge in [0.05, 0.1) is 6.54 Å². The maximum Gasteiger partial charge on any atom is 0.234 e. The Labute approximate surface area is 124 Å². The monoisotopic (exact) mass is 284 g/mol. The van der Waals surface area contributed by atoms with Crippen molar-refractivity contribution in [1.29, 1.82) is 0 Å². The predicted octanol–water partition coefficient (Wildman–Crippen LogP) is 2.43. The molecule has 1 amide bonds. The summed E-state index contributed by atoms with van der Waals surface area (Å²) in [7, 11) is 0. The summed E-state index contributed by atoms with van der Waals surface area (Å²) in [6, 6.07) is 0.238. The molecule has 0 bridgehead atoms. The lowest BCUT2D eigenvalue weighted by Crippen LogP contribution is -2.44. The Bertz CT molecular complexity index is 269. The summed E-state index contributed by atoms with van der Waals surface area (Å²) in [5, 5.41) is 2.97. The van der Waals surface area contributed by atoms with Gasteiger partial charge in [-0.25, -0.2) is 0 Å². The number of hydrogen-bond acceptors (Lipinski definition) is 3. The smallest absolute Gasteiger partial charge is 0.234 e. The lowest BCUT2D eigenvalue weighted by molar-refractivity contribution is -0.123. The number of carbonyl (C=O) groups excluding carboxylic acids is 1. The number of amides is 1. The molecule has 0 aromatic carbocycles. The van der Waals surface area contributed by atoms with E-state index in [-0.39, 0.29) is 11.9 Å². The van der Waals surface area contributed by atoms with Crippen LogP contribution in [0.25, 0.3) is 0 Å². The average molecular weight is 284 g/mol. The van der Waals surface area contributed by atoms with Gasteiger partial charge in [-0.1, -0.05) is 6.42 Å². The van der Waals surface area contributed by atoms with Gasteiger partial charge in [-0.2, -0.15) is 0 Å². The lowest BCUT2D eigenvalue weighted by Gasteiger charge is -2.32. The second-order valence-electron chi connectivity index (χ2n) is 6.16. The highest BCUT2D eigenvalue weighted by molar-refractivity contribution is 5.78. The molecule has 1 atom stereocenters. The van der Waals surface area contributed by atoms with Gasteiger partial charge in [0.25, 0.3) is 0 Å². The van der Waals surface area contributed by atoms with Crippen LogP contribution in [0.15, 0.2) is 0 Å². The third kappa shape index (κ3) is 7.85. The van der Waals surface area contributed by atoms with E-state index in [1.54, 1.807) is 0 Å². The lowest BCUT2D eigenvalue weighted by atomic mass is 9.93. The van der Waals surface area contributed by atoms with Gasteiger partial charge in [0.2, 0.25) is 5.91 Å². The van der Waals surface area contributed by atoms with Crippen molar-refractivity contribution in [3.8, 4) is 0 Å². The van der Waals surface area contributed by atoms with Crippen molar-refractivity contribution in [2.75, 3.05) is 32.8 Å². The van der Waals surface area contributed by atoms with Crippen molar-refractivity contribution in [2.45, 2.75) is 58.9 Å². The fourth-order valence-electron chi connectivity index (χ4n) is 2.88. The molecule has 4 heteroatoms. The Morgan fingerprint density at radius 3 is 2.90 bits per heavy atom. The van der Waals surface area contributed by atoms with Gasteiger partial charge in [-0.15, -0.1) is 0 Å². The van der Waals surface area contributed by atoms with E-state index in [1.165, 1.54) is 25.7 Å². The van der Waals surface area contributed by atoms with E-state index in [0.29, 0.717) is 6.54 Å². The van der Waals surface area contributed by atoms with E-state index in [9.17, 15) is 4.79 Å². The van der Waals surface area contributed by atoms with Gasteiger partial charge in [0.15, 0.2) is 0 Å². The fraction of sp³-hybridized carbons (Fsp3) is 0.938. The molecule has 118 valence electrons. The van der Waals surface area contributed by atoms with Gasteiger partial charge < -0.3 is 10.1 Å². The molecule has 4 nitrogen and oxygen atoms in total. The van der Waals surface area contributed by atoms with Gasteiger partial charge in [-0.3, -0.25) is 9.69 Å². The first kappa shape index (κ1) is 17.4. The van der Waals surface area contributed by atoms with Crippen LogP contribution in [0.5, 0.6) is 0 Å². The van der Waals surface area contributed by atoms with Gasteiger partial charge in [0, 0.05) is 25.8 Å². The number of rotatable bonds is 9. The standard InChI is InChI=1S/C16H32N2O2/c1-4-20-11-6-5-8-15-9-7-10-18(12-15)13-16(19)17-14(2)3/h14-15H,4-13H2,1-3H3,(H,17,19)/t15-/m0/s1. The molecule has 0 aromatic heterocycles. The zero-order chi connectivity index (χ0) is 14.8. The fourth-order valence-corrected chi connectivity index (χ4v) is 2.88. The number of ether oxygens (including phenoxy) is 1. The minimum atomic E-state index is 0.164. The van der Waals surface area contributed by atoms with E-state index in [2.05, 4.69) is 10.2 Å². The molecule has 1 saturated heterocycles. The van der Waals surface area contributed by atoms with Crippen molar-refractivity contribution in [3.63, 3.8) is 0 Å². The highest BCUT2D eigenvalue weighted by Gasteiger charge is 2.21. The largest absolute Gasteiger partial charge is 0.382 e. The Morgan fingerprint density at radius 1 is 1.40 bits per heavy atom. The van der Waals surface area contributed by atoms with E-state index >= 15 is 0 Å². The van der Waals surface area contributed by atoms with Gasteiger partial charge >= 0.3 is 0 Å². The third-order valence-corrected chi connectivity index (χ3v) is 3.78. The number of unbranched alkanes of at least 4 members (excludes halogenated alkanes) is 1. The van der Waals surface area contributed by atoms with Crippen molar-refractivity contribution in [3.05, 3.63) is 0 Å². The van der Waals surface area contributed by atoms with Crippen LogP contribution in [0.4, 0.5) is 0 Å². The van der Waals surface area contributed by atoms with Crippen molar-refractivity contribution in [2.24, 2.45) is 5.92 Å². The molecule has 0 aliphatic carbocycles. The second kappa shape index (κ2) is 10.2. The predicted molar refractivity (Wildman–Crippen MR) is 82.8 cm³/mol. The molecule has 20 heavy (non-hydrogen) atoms. The first-order valence-electron chi connectivity index (χ1n) is 8.21. The van der Waals surface area contributed by atoms with Crippen LogP contribution >= 0.6 is 0 Å². The van der Waals surface area contributed by atoms with Crippen LogP contribution in [-0.2, 0) is 9.53 Å². The molecule has 1 fully saturated rings. The highest BCUT2D eigenvalue weighted by Crippen LogP contribution is 2.21. The highest BCUT2D eigenvalue weighted by atomic mass is 16.5. The zero-order valence-electron chi connectivity index (χ0n) is 13.5. The number of hydrogen-bond donors (Lipinski definition) is 1. The van der Waals surface area contributed by atoms with Crippen molar-refractivity contribution >= 4 is 5.91 Å². The summed E-state index contributed by atoms with van der Waals surface area (Å²) in [6.45, 7) is 10.5. The Morgan fingerprint density at radius 2 is 2.20 bits per heavy atom. The maximum absolute atomic E-state index is 11.8. The second-order valence-corrected chi connectivity index (χ2v) is 6.16. The maximum atomic E-state index is 11.8. The molecule has 0 unspecified atom stereocenters. The number of likely N-dealkylation sites (tertiary alicyclic amines) is 1. The molecular formula is C16H32N2O2. The Balaban J connectivity index is 2.16. The Kier molecular flexibility index (Phi) is 8.86. The molecule has 0 saturated carbocycles. The van der Waals surface area contributed by atoms with E-state index in [4.69, 9.17) is 4.74 Å². The molecule has 0 aromatic rings. The summed E-state index contributed by atoms with van der Waals surface area (Å²) in [6.07, 6.45) is 6.23.